The first-order valence-corrected chi connectivity index (χ1v) is 6.91. The van der Waals surface area contributed by atoms with Crippen molar-refractivity contribution >= 4 is 5.82 Å². The van der Waals surface area contributed by atoms with Crippen molar-refractivity contribution in [2.45, 2.75) is 32.1 Å². The number of nitrogens with two attached hydrogens (primary N) is 1. The number of nitrogens with zero attached hydrogens (tertiary/aromatic N) is 2. The minimum Gasteiger partial charge on any atom is -0.439 e. The standard InChI is InChI=1S/C15H18N4O/c1-2-10-5-3-4-6-12(10)20-14-9-13(19-16)17-15(18-14)11-7-8-11/h3-6,9,11H,2,7-8,16H2,1H3,(H,17,18,19). The third kappa shape index (κ3) is 2.72. The first-order valence-electron chi connectivity index (χ1n) is 6.91. The number of hydrogen-bond acceptors (Lipinski definition) is 5. The van der Waals surface area contributed by atoms with Crippen LogP contribution in [0.3, 0.4) is 0 Å². The van der Waals surface area contributed by atoms with Crippen molar-refractivity contribution in [2.75, 3.05) is 5.43 Å². The summed E-state index contributed by atoms with van der Waals surface area (Å²) in [7, 11) is 0. The summed E-state index contributed by atoms with van der Waals surface area (Å²) < 4.78 is 5.91. The molecular weight excluding hydrogens is 252 g/mol. The van der Waals surface area contributed by atoms with Gasteiger partial charge in [-0.3, -0.25) is 0 Å². The highest BCUT2D eigenvalue weighted by molar-refractivity contribution is 5.41. The molecular formula is C15H18N4O. The molecule has 2 aromatic rings. The van der Waals surface area contributed by atoms with Crippen LogP contribution in [0.5, 0.6) is 11.6 Å². The quantitative estimate of drug-likeness (QED) is 0.645. The molecule has 0 atom stereocenters. The molecule has 0 amide bonds. The number of para-hydroxylation sites is 1. The fraction of sp³-hybridized carbons (Fsp3) is 0.333. The Bertz CT molecular complexity index is 611. The molecule has 1 aromatic carbocycles. The number of aromatic nitrogens is 2. The fourth-order valence-electron chi connectivity index (χ4n) is 2.10. The minimum absolute atomic E-state index is 0.451. The number of ether oxygens (including phenoxy) is 1. The van der Waals surface area contributed by atoms with E-state index in [9.17, 15) is 0 Å². The SMILES string of the molecule is CCc1ccccc1Oc1cc(NN)nc(C2CC2)n1. The van der Waals surface area contributed by atoms with Crippen LogP contribution < -0.4 is 16.0 Å². The topological polar surface area (TPSA) is 73.1 Å². The number of hydrogen-bond donors (Lipinski definition) is 2. The lowest BCUT2D eigenvalue weighted by Gasteiger charge is -2.11. The molecule has 0 aliphatic heterocycles. The van der Waals surface area contributed by atoms with Gasteiger partial charge in [0.2, 0.25) is 5.88 Å². The second-order valence-corrected chi connectivity index (χ2v) is 4.93. The molecule has 1 saturated carbocycles. The van der Waals surface area contributed by atoms with Crippen LogP contribution in [-0.2, 0) is 6.42 Å². The lowest BCUT2D eigenvalue weighted by molar-refractivity contribution is 0.454. The van der Waals surface area contributed by atoms with E-state index in [0.717, 1.165) is 36.4 Å². The van der Waals surface area contributed by atoms with E-state index in [1.807, 2.05) is 18.2 Å². The molecule has 0 bridgehead atoms. The minimum atomic E-state index is 0.451. The van der Waals surface area contributed by atoms with Gasteiger partial charge in [0.15, 0.2) is 0 Å². The van der Waals surface area contributed by atoms with Gasteiger partial charge in [0.1, 0.15) is 17.4 Å². The predicted octanol–water partition coefficient (Wildman–Crippen LogP) is 2.99. The zero-order chi connectivity index (χ0) is 13.9. The molecule has 1 aliphatic carbocycles. The van der Waals surface area contributed by atoms with Crippen LogP contribution in [0.4, 0.5) is 5.82 Å². The number of benzene rings is 1. The first-order chi connectivity index (χ1) is 9.80. The van der Waals surface area contributed by atoms with E-state index in [4.69, 9.17) is 10.6 Å². The smallest absolute Gasteiger partial charge is 0.224 e. The lowest BCUT2D eigenvalue weighted by Crippen LogP contribution is -2.10. The zero-order valence-electron chi connectivity index (χ0n) is 11.5. The van der Waals surface area contributed by atoms with Crippen molar-refractivity contribution < 1.29 is 4.74 Å². The van der Waals surface area contributed by atoms with E-state index in [1.54, 1.807) is 6.07 Å². The van der Waals surface area contributed by atoms with E-state index in [1.165, 1.54) is 0 Å². The zero-order valence-corrected chi connectivity index (χ0v) is 11.5. The highest BCUT2D eigenvalue weighted by Gasteiger charge is 2.27. The molecule has 104 valence electrons. The number of nitrogens with one attached hydrogen (secondary N) is 1. The molecule has 0 unspecified atom stereocenters. The van der Waals surface area contributed by atoms with E-state index in [-0.39, 0.29) is 0 Å². The molecule has 5 nitrogen and oxygen atoms in total. The van der Waals surface area contributed by atoms with Gasteiger partial charge in [0.05, 0.1) is 0 Å². The Labute approximate surface area is 118 Å². The molecule has 0 radical (unpaired) electrons. The summed E-state index contributed by atoms with van der Waals surface area (Å²) >= 11 is 0. The maximum atomic E-state index is 5.91. The Morgan fingerprint density at radius 2 is 2.10 bits per heavy atom. The highest BCUT2D eigenvalue weighted by atomic mass is 16.5. The molecule has 1 aromatic heterocycles. The molecule has 1 fully saturated rings. The normalized spacial score (nSPS) is 14.1. The molecule has 20 heavy (non-hydrogen) atoms. The van der Waals surface area contributed by atoms with Crippen LogP contribution in [0.1, 0.15) is 37.1 Å². The Hall–Kier alpha value is -2.14. The Kier molecular flexibility index (Phi) is 3.52. The molecule has 5 heteroatoms. The maximum absolute atomic E-state index is 5.91. The second-order valence-electron chi connectivity index (χ2n) is 4.93. The number of hydrazine groups is 1. The van der Waals surface area contributed by atoms with E-state index in [0.29, 0.717) is 17.6 Å². The molecule has 0 saturated heterocycles. The van der Waals surface area contributed by atoms with Crippen molar-refractivity contribution in [1.29, 1.82) is 0 Å². The summed E-state index contributed by atoms with van der Waals surface area (Å²) in [5.41, 5.74) is 3.73. The summed E-state index contributed by atoms with van der Waals surface area (Å²) in [6.45, 7) is 2.10. The second kappa shape index (κ2) is 5.46. The van der Waals surface area contributed by atoms with Crippen molar-refractivity contribution in [1.82, 2.24) is 9.97 Å². The average Bonchev–Trinajstić information content (AvgIpc) is 3.32. The van der Waals surface area contributed by atoms with E-state index < -0.39 is 0 Å². The van der Waals surface area contributed by atoms with Crippen LogP contribution in [0.25, 0.3) is 0 Å². The van der Waals surface area contributed by atoms with Gasteiger partial charge in [-0.15, -0.1) is 0 Å². The average molecular weight is 270 g/mol. The molecule has 3 N–H and O–H groups in total. The fourth-order valence-corrected chi connectivity index (χ4v) is 2.10. The molecule has 1 heterocycles. The van der Waals surface area contributed by atoms with Crippen LogP contribution >= 0.6 is 0 Å². The Morgan fingerprint density at radius 1 is 1.30 bits per heavy atom. The number of nitrogen functional groups attached to an aromatic ring is 1. The lowest BCUT2D eigenvalue weighted by atomic mass is 10.1. The van der Waals surface area contributed by atoms with E-state index >= 15 is 0 Å². The Morgan fingerprint density at radius 3 is 2.80 bits per heavy atom. The van der Waals surface area contributed by atoms with Crippen LogP contribution in [0.15, 0.2) is 30.3 Å². The van der Waals surface area contributed by atoms with Gasteiger partial charge >= 0.3 is 0 Å². The van der Waals surface area contributed by atoms with Crippen molar-refractivity contribution in [3.8, 4) is 11.6 Å². The van der Waals surface area contributed by atoms with Gasteiger partial charge in [-0.25, -0.2) is 10.8 Å². The monoisotopic (exact) mass is 270 g/mol. The third-order valence-corrected chi connectivity index (χ3v) is 3.38. The number of rotatable bonds is 5. The highest BCUT2D eigenvalue weighted by Crippen LogP contribution is 2.39. The summed E-state index contributed by atoms with van der Waals surface area (Å²) in [4.78, 5) is 8.86. The van der Waals surface area contributed by atoms with Crippen LogP contribution in [0, 0.1) is 0 Å². The van der Waals surface area contributed by atoms with Gasteiger partial charge < -0.3 is 10.2 Å². The summed E-state index contributed by atoms with van der Waals surface area (Å²) in [5, 5.41) is 0. The number of aryl methyl sites for hydroxylation is 1. The molecule has 0 spiro atoms. The first kappa shape index (κ1) is 12.9. The summed E-state index contributed by atoms with van der Waals surface area (Å²) in [6, 6.07) is 9.69. The van der Waals surface area contributed by atoms with Gasteiger partial charge in [0.25, 0.3) is 0 Å². The third-order valence-electron chi connectivity index (χ3n) is 3.38. The maximum Gasteiger partial charge on any atom is 0.224 e. The van der Waals surface area contributed by atoms with Crippen molar-refractivity contribution in [2.24, 2.45) is 5.84 Å². The van der Waals surface area contributed by atoms with Gasteiger partial charge in [0, 0.05) is 12.0 Å². The van der Waals surface area contributed by atoms with Gasteiger partial charge in [-0.2, -0.15) is 4.98 Å². The number of anilines is 1. The molecule has 1 aliphatic rings. The summed E-state index contributed by atoms with van der Waals surface area (Å²) in [5.74, 6) is 8.68. The largest absolute Gasteiger partial charge is 0.439 e. The van der Waals surface area contributed by atoms with Crippen molar-refractivity contribution in [3.63, 3.8) is 0 Å². The van der Waals surface area contributed by atoms with Gasteiger partial charge in [-0.1, -0.05) is 25.1 Å². The van der Waals surface area contributed by atoms with E-state index in [2.05, 4.69) is 28.4 Å². The van der Waals surface area contributed by atoms with Crippen LogP contribution in [0.2, 0.25) is 0 Å². The summed E-state index contributed by atoms with van der Waals surface area (Å²) in [6.07, 6.45) is 3.19. The predicted molar refractivity (Wildman–Crippen MR) is 77.7 cm³/mol. The van der Waals surface area contributed by atoms with Crippen LogP contribution in [-0.4, -0.2) is 9.97 Å². The molecule has 3 rings (SSSR count). The Balaban J connectivity index is 1.91. The van der Waals surface area contributed by atoms with Gasteiger partial charge in [-0.05, 0) is 30.9 Å². The van der Waals surface area contributed by atoms with Crippen molar-refractivity contribution in [3.05, 3.63) is 41.7 Å².